The largest absolute Gasteiger partial charge is 0.396 e. The van der Waals surface area contributed by atoms with Crippen LogP contribution >= 0.6 is 0 Å². The SMILES string of the molecule is CCCCC/C=C\C/C=C\CCCCCCCC(O)CN(CCCO)CCC(CCCC)CCCCCC. The van der Waals surface area contributed by atoms with Crippen molar-refractivity contribution in [3.8, 4) is 0 Å². The normalized spacial score (nSPS) is 13.8. The molecular weight excluding hydrogens is 466 g/mol. The van der Waals surface area contributed by atoms with E-state index in [9.17, 15) is 10.2 Å². The predicted octanol–water partition coefficient (Wildman–Crippen LogP) is 10.0. The van der Waals surface area contributed by atoms with E-state index >= 15 is 0 Å². The van der Waals surface area contributed by atoms with Crippen molar-refractivity contribution in [2.24, 2.45) is 5.92 Å². The van der Waals surface area contributed by atoms with Gasteiger partial charge in [0.25, 0.3) is 0 Å². The number of aliphatic hydroxyl groups is 2. The van der Waals surface area contributed by atoms with Gasteiger partial charge in [-0.25, -0.2) is 0 Å². The first-order valence-corrected chi connectivity index (χ1v) is 17.0. The van der Waals surface area contributed by atoms with Crippen molar-refractivity contribution >= 4 is 0 Å². The monoisotopic (exact) mass is 536 g/mol. The second-order valence-corrected chi connectivity index (χ2v) is 11.7. The molecule has 0 aromatic carbocycles. The number of rotatable bonds is 30. The Morgan fingerprint density at radius 1 is 0.553 bits per heavy atom. The maximum Gasteiger partial charge on any atom is 0.0667 e. The summed E-state index contributed by atoms with van der Waals surface area (Å²) in [6, 6.07) is 0. The molecule has 0 saturated heterocycles. The zero-order chi connectivity index (χ0) is 27.9. The van der Waals surface area contributed by atoms with E-state index in [1.54, 1.807) is 0 Å². The first-order valence-electron chi connectivity index (χ1n) is 17.0. The van der Waals surface area contributed by atoms with Gasteiger partial charge in [-0.2, -0.15) is 0 Å². The summed E-state index contributed by atoms with van der Waals surface area (Å²) in [6.45, 7) is 9.83. The van der Waals surface area contributed by atoms with Crippen LogP contribution in [0.5, 0.6) is 0 Å². The Balaban J connectivity index is 4.04. The third-order valence-electron chi connectivity index (χ3n) is 7.87. The summed E-state index contributed by atoms with van der Waals surface area (Å²) in [5, 5.41) is 20.1. The highest BCUT2D eigenvalue weighted by molar-refractivity contribution is 4.92. The Morgan fingerprint density at radius 2 is 1.11 bits per heavy atom. The van der Waals surface area contributed by atoms with Gasteiger partial charge in [-0.15, -0.1) is 0 Å². The summed E-state index contributed by atoms with van der Waals surface area (Å²) >= 11 is 0. The zero-order valence-corrected chi connectivity index (χ0v) is 26.2. The Hall–Kier alpha value is -0.640. The predicted molar refractivity (Wildman–Crippen MR) is 170 cm³/mol. The molecule has 0 bridgehead atoms. The van der Waals surface area contributed by atoms with Crippen LogP contribution in [0.4, 0.5) is 0 Å². The van der Waals surface area contributed by atoms with Crippen LogP contribution in [0.15, 0.2) is 24.3 Å². The molecule has 226 valence electrons. The summed E-state index contributed by atoms with van der Waals surface area (Å²) in [5.74, 6) is 0.822. The topological polar surface area (TPSA) is 43.7 Å². The smallest absolute Gasteiger partial charge is 0.0667 e. The van der Waals surface area contributed by atoms with Crippen LogP contribution in [0.3, 0.4) is 0 Å². The van der Waals surface area contributed by atoms with Gasteiger partial charge in [0.2, 0.25) is 0 Å². The van der Waals surface area contributed by atoms with Crippen LogP contribution in [0.25, 0.3) is 0 Å². The molecule has 0 amide bonds. The van der Waals surface area contributed by atoms with E-state index in [1.807, 2.05) is 0 Å². The minimum absolute atomic E-state index is 0.231. The lowest BCUT2D eigenvalue weighted by Gasteiger charge is -2.27. The van der Waals surface area contributed by atoms with Crippen molar-refractivity contribution in [1.29, 1.82) is 0 Å². The molecule has 0 spiro atoms. The van der Waals surface area contributed by atoms with Crippen LogP contribution in [-0.4, -0.2) is 47.5 Å². The van der Waals surface area contributed by atoms with Crippen LogP contribution in [0.1, 0.15) is 162 Å². The Morgan fingerprint density at radius 3 is 1.79 bits per heavy atom. The second kappa shape index (κ2) is 30.9. The molecule has 0 aliphatic carbocycles. The van der Waals surface area contributed by atoms with E-state index in [-0.39, 0.29) is 12.7 Å². The Bertz CT molecular complexity index is 504. The van der Waals surface area contributed by atoms with E-state index in [1.165, 1.54) is 116 Å². The third-order valence-corrected chi connectivity index (χ3v) is 7.87. The van der Waals surface area contributed by atoms with Crippen LogP contribution < -0.4 is 0 Å². The standard InChI is InChI=1S/C35H69NO2/c1-4-7-10-12-13-14-15-16-17-18-19-20-21-22-24-28-35(38)33-36(30-25-32-37)31-29-34(26-9-6-3)27-23-11-8-5-2/h13-14,16-17,34-35,37-38H,4-12,15,18-33H2,1-3H3/b14-13-,17-16-. The highest BCUT2D eigenvalue weighted by atomic mass is 16.3. The molecule has 38 heavy (non-hydrogen) atoms. The van der Waals surface area contributed by atoms with Gasteiger partial charge in [0.1, 0.15) is 0 Å². The average molecular weight is 536 g/mol. The van der Waals surface area contributed by atoms with Gasteiger partial charge in [-0.3, -0.25) is 0 Å². The number of hydrogen-bond donors (Lipinski definition) is 2. The van der Waals surface area contributed by atoms with Crippen LogP contribution in [0.2, 0.25) is 0 Å². The Kier molecular flexibility index (Phi) is 30.4. The average Bonchev–Trinajstić information content (AvgIpc) is 2.92. The van der Waals surface area contributed by atoms with Gasteiger partial charge < -0.3 is 15.1 Å². The molecule has 0 rings (SSSR count). The fourth-order valence-electron chi connectivity index (χ4n) is 5.32. The fourth-order valence-corrected chi connectivity index (χ4v) is 5.32. The maximum atomic E-state index is 10.7. The molecule has 0 aromatic rings. The molecule has 3 nitrogen and oxygen atoms in total. The number of aliphatic hydroxyl groups excluding tert-OH is 2. The molecule has 3 heteroatoms. The summed E-state index contributed by atoms with van der Waals surface area (Å²) in [7, 11) is 0. The van der Waals surface area contributed by atoms with E-state index in [4.69, 9.17) is 0 Å². The van der Waals surface area contributed by atoms with Crippen molar-refractivity contribution < 1.29 is 10.2 Å². The highest BCUT2D eigenvalue weighted by Gasteiger charge is 2.15. The molecule has 2 atom stereocenters. The molecule has 0 radical (unpaired) electrons. The van der Waals surface area contributed by atoms with Crippen molar-refractivity contribution in [3.63, 3.8) is 0 Å². The highest BCUT2D eigenvalue weighted by Crippen LogP contribution is 2.21. The second-order valence-electron chi connectivity index (χ2n) is 11.7. The molecule has 0 heterocycles. The van der Waals surface area contributed by atoms with Crippen molar-refractivity contribution in [2.75, 3.05) is 26.2 Å². The fraction of sp³-hybridized carbons (Fsp3) is 0.886. The molecule has 2 unspecified atom stereocenters. The maximum absolute atomic E-state index is 10.7. The molecule has 0 aliphatic rings. The molecule has 0 fully saturated rings. The lowest BCUT2D eigenvalue weighted by atomic mass is 9.92. The molecule has 0 aromatic heterocycles. The van der Waals surface area contributed by atoms with Gasteiger partial charge in [-0.05, 0) is 63.8 Å². The zero-order valence-electron chi connectivity index (χ0n) is 26.2. The molecule has 2 N–H and O–H groups in total. The van der Waals surface area contributed by atoms with E-state index in [0.29, 0.717) is 0 Å². The number of nitrogens with zero attached hydrogens (tertiary/aromatic N) is 1. The lowest BCUT2D eigenvalue weighted by Crippen LogP contribution is -2.35. The number of unbranched alkanes of at least 4 members (excludes halogenated alkanes) is 12. The molecule has 0 saturated carbocycles. The minimum Gasteiger partial charge on any atom is -0.396 e. The Labute approximate surface area is 239 Å². The summed E-state index contributed by atoms with van der Waals surface area (Å²) in [4.78, 5) is 2.43. The third kappa shape index (κ3) is 26.9. The van der Waals surface area contributed by atoms with E-state index in [2.05, 4.69) is 50.0 Å². The van der Waals surface area contributed by atoms with E-state index < -0.39 is 0 Å². The van der Waals surface area contributed by atoms with Gasteiger partial charge >= 0.3 is 0 Å². The van der Waals surface area contributed by atoms with Gasteiger partial charge in [-0.1, -0.05) is 135 Å². The van der Waals surface area contributed by atoms with E-state index in [0.717, 1.165) is 51.2 Å². The molecular formula is C35H69NO2. The minimum atomic E-state index is -0.231. The lowest BCUT2D eigenvalue weighted by molar-refractivity contribution is 0.0942. The first kappa shape index (κ1) is 37.4. The first-order chi connectivity index (χ1) is 18.7. The van der Waals surface area contributed by atoms with Gasteiger partial charge in [0, 0.05) is 19.7 Å². The van der Waals surface area contributed by atoms with Crippen LogP contribution in [0, 0.1) is 5.92 Å². The van der Waals surface area contributed by atoms with Gasteiger partial charge in [0.05, 0.1) is 6.10 Å². The summed E-state index contributed by atoms with van der Waals surface area (Å²) < 4.78 is 0. The van der Waals surface area contributed by atoms with Crippen molar-refractivity contribution in [3.05, 3.63) is 24.3 Å². The summed E-state index contributed by atoms with van der Waals surface area (Å²) in [6.07, 6.45) is 36.5. The quantitative estimate of drug-likeness (QED) is 0.0710. The van der Waals surface area contributed by atoms with Crippen molar-refractivity contribution in [1.82, 2.24) is 4.90 Å². The molecule has 0 aliphatic heterocycles. The number of hydrogen-bond acceptors (Lipinski definition) is 3. The summed E-state index contributed by atoms with van der Waals surface area (Å²) in [5.41, 5.74) is 0. The van der Waals surface area contributed by atoms with Gasteiger partial charge in [0.15, 0.2) is 0 Å². The van der Waals surface area contributed by atoms with Crippen LogP contribution in [-0.2, 0) is 0 Å². The number of allylic oxidation sites excluding steroid dienone is 4. The van der Waals surface area contributed by atoms with Crippen molar-refractivity contribution in [2.45, 2.75) is 168 Å².